The summed E-state index contributed by atoms with van der Waals surface area (Å²) in [6.07, 6.45) is 1.93. The van der Waals surface area contributed by atoms with Crippen LogP contribution in [0.25, 0.3) is 5.65 Å². The molecule has 0 unspecified atom stereocenters. The zero-order valence-electron chi connectivity index (χ0n) is 9.55. The summed E-state index contributed by atoms with van der Waals surface area (Å²) in [6, 6.07) is 7.24. The molecule has 0 amide bonds. The van der Waals surface area contributed by atoms with E-state index in [-0.39, 0.29) is 5.56 Å². The van der Waals surface area contributed by atoms with E-state index in [0.29, 0.717) is 5.65 Å². The number of anilines is 1. The summed E-state index contributed by atoms with van der Waals surface area (Å²) >= 11 is 0. The van der Waals surface area contributed by atoms with Gasteiger partial charge in [-0.05, 0) is 26.0 Å². The van der Waals surface area contributed by atoms with Gasteiger partial charge in [-0.2, -0.15) is 4.98 Å². The van der Waals surface area contributed by atoms with E-state index in [1.165, 1.54) is 0 Å². The molecule has 2 rings (SSSR count). The summed E-state index contributed by atoms with van der Waals surface area (Å²) < 4.78 is 1.94. The number of pyridine rings is 1. The quantitative estimate of drug-likeness (QED) is 0.782. The monoisotopic (exact) mass is 217 g/mol. The highest BCUT2D eigenvalue weighted by Gasteiger charge is 2.07. The zero-order chi connectivity index (χ0) is 11.5. The third-order valence-corrected chi connectivity index (χ3v) is 2.65. The predicted molar refractivity (Wildman–Crippen MR) is 65.0 cm³/mol. The Morgan fingerprint density at radius 2 is 2.06 bits per heavy atom. The molecule has 0 atom stereocenters. The van der Waals surface area contributed by atoms with E-state index in [2.05, 4.69) is 23.7 Å². The summed E-state index contributed by atoms with van der Waals surface area (Å²) in [5.74, 6) is 0.903. The van der Waals surface area contributed by atoms with Crippen molar-refractivity contribution in [2.75, 3.05) is 18.0 Å². The van der Waals surface area contributed by atoms with Crippen molar-refractivity contribution in [1.29, 1.82) is 0 Å². The van der Waals surface area contributed by atoms with E-state index in [1.54, 1.807) is 6.07 Å². The zero-order valence-corrected chi connectivity index (χ0v) is 9.55. The van der Waals surface area contributed by atoms with Crippen molar-refractivity contribution >= 4 is 11.5 Å². The van der Waals surface area contributed by atoms with Gasteiger partial charge in [-0.1, -0.05) is 6.07 Å². The topological polar surface area (TPSA) is 37.6 Å². The van der Waals surface area contributed by atoms with E-state index in [1.807, 2.05) is 28.8 Å². The van der Waals surface area contributed by atoms with Crippen LogP contribution in [-0.2, 0) is 0 Å². The maximum Gasteiger partial charge on any atom is 0.275 e. The molecule has 4 heteroatoms. The molecule has 0 N–H and O–H groups in total. The van der Waals surface area contributed by atoms with E-state index in [9.17, 15) is 4.79 Å². The molecule has 2 aromatic heterocycles. The van der Waals surface area contributed by atoms with Gasteiger partial charge in [-0.15, -0.1) is 0 Å². The molecule has 0 bridgehead atoms. The summed E-state index contributed by atoms with van der Waals surface area (Å²) in [5.41, 5.74) is 0.505. The third-order valence-electron chi connectivity index (χ3n) is 2.65. The SMILES string of the molecule is CCN(CC)c1cc(=O)nc2ccccn12. The molecular weight excluding hydrogens is 202 g/mol. The largest absolute Gasteiger partial charge is 0.358 e. The van der Waals surface area contributed by atoms with Gasteiger partial charge in [0.15, 0.2) is 0 Å². The van der Waals surface area contributed by atoms with Crippen molar-refractivity contribution in [3.63, 3.8) is 0 Å². The van der Waals surface area contributed by atoms with Gasteiger partial charge in [0.25, 0.3) is 5.56 Å². The first-order valence-corrected chi connectivity index (χ1v) is 5.49. The number of rotatable bonds is 3. The van der Waals surface area contributed by atoms with Gasteiger partial charge in [0.1, 0.15) is 11.5 Å². The average Bonchev–Trinajstić information content (AvgIpc) is 2.30. The van der Waals surface area contributed by atoms with Gasteiger partial charge in [0.05, 0.1) is 0 Å². The minimum Gasteiger partial charge on any atom is -0.358 e. The standard InChI is InChI=1S/C12H15N3O/c1-3-14(4-2)12-9-11(16)13-10-7-5-6-8-15(10)12/h5-9H,3-4H2,1-2H3. The van der Waals surface area contributed by atoms with Crippen LogP contribution in [0.5, 0.6) is 0 Å². The Kier molecular flexibility index (Phi) is 2.90. The molecule has 4 nitrogen and oxygen atoms in total. The molecule has 0 saturated carbocycles. The summed E-state index contributed by atoms with van der Waals surface area (Å²) in [6.45, 7) is 5.89. The van der Waals surface area contributed by atoms with Gasteiger partial charge in [0, 0.05) is 25.4 Å². The fourth-order valence-electron chi connectivity index (χ4n) is 1.84. The van der Waals surface area contributed by atoms with E-state index >= 15 is 0 Å². The van der Waals surface area contributed by atoms with Crippen molar-refractivity contribution in [2.45, 2.75) is 13.8 Å². The molecule has 0 aliphatic rings. The van der Waals surface area contributed by atoms with Crippen molar-refractivity contribution in [2.24, 2.45) is 0 Å². The highest BCUT2D eigenvalue weighted by Crippen LogP contribution is 2.12. The van der Waals surface area contributed by atoms with Crippen LogP contribution >= 0.6 is 0 Å². The van der Waals surface area contributed by atoms with Gasteiger partial charge in [-0.3, -0.25) is 9.20 Å². The Hall–Kier alpha value is -1.84. The van der Waals surface area contributed by atoms with Crippen LogP contribution in [0.3, 0.4) is 0 Å². The number of nitrogens with zero attached hydrogens (tertiary/aromatic N) is 3. The van der Waals surface area contributed by atoms with Crippen LogP contribution in [0.4, 0.5) is 5.82 Å². The van der Waals surface area contributed by atoms with E-state index < -0.39 is 0 Å². The molecule has 2 heterocycles. The molecule has 0 fully saturated rings. The van der Waals surface area contributed by atoms with Crippen molar-refractivity contribution in [1.82, 2.24) is 9.38 Å². The van der Waals surface area contributed by atoms with Gasteiger partial charge in [-0.25, -0.2) is 0 Å². The molecule has 84 valence electrons. The summed E-state index contributed by atoms with van der Waals surface area (Å²) in [7, 11) is 0. The average molecular weight is 217 g/mol. The van der Waals surface area contributed by atoms with E-state index in [4.69, 9.17) is 0 Å². The lowest BCUT2D eigenvalue weighted by Gasteiger charge is -2.22. The summed E-state index contributed by atoms with van der Waals surface area (Å²) in [5, 5.41) is 0. The minimum atomic E-state index is -0.187. The molecule has 2 aromatic rings. The molecule has 0 saturated heterocycles. The van der Waals surface area contributed by atoms with Crippen LogP contribution in [0, 0.1) is 0 Å². The number of fused-ring (bicyclic) bond motifs is 1. The first-order chi connectivity index (χ1) is 7.76. The molecule has 0 spiro atoms. The molecule has 0 aliphatic heterocycles. The highest BCUT2D eigenvalue weighted by atomic mass is 16.1. The van der Waals surface area contributed by atoms with Gasteiger partial charge >= 0.3 is 0 Å². The second kappa shape index (κ2) is 4.35. The van der Waals surface area contributed by atoms with Crippen molar-refractivity contribution in [3.05, 3.63) is 40.8 Å². The van der Waals surface area contributed by atoms with Crippen LogP contribution in [0.15, 0.2) is 35.3 Å². The molecule has 16 heavy (non-hydrogen) atoms. The fourth-order valence-corrected chi connectivity index (χ4v) is 1.84. The van der Waals surface area contributed by atoms with Crippen LogP contribution in [-0.4, -0.2) is 22.5 Å². The first kappa shape index (κ1) is 10.7. The molecule has 0 aromatic carbocycles. The van der Waals surface area contributed by atoms with Crippen molar-refractivity contribution in [3.8, 4) is 0 Å². The Bertz CT molecular complexity index is 543. The van der Waals surface area contributed by atoms with Crippen LogP contribution < -0.4 is 10.5 Å². The Morgan fingerprint density at radius 1 is 1.31 bits per heavy atom. The highest BCUT2D eigenvalue weighted by molar-refractivity contribution is 5.49. The molecule has 0 aliphatic carbocycles. The van der Waals surface area contributed by atoms with Gasteiger partial charge in [0.2, 0.25) is 0 Å². The first-order valence-electron chi connectivity index (χ1n) is 5.49. The lowest BCUT2D eigenvalue weighted by Crippen LogP contribution is -2.26. The Balaban J connectivity index is 2.71. The minimum absolute atomic E-state index is 0.187. The fraction of sp³-hybridized carbons (Fsp3) is 0.333. The number of hydrogen-bond acceptors (Lipinski definition) is 3. The van der Waals surface area contributed by atoms with Crippen molar-refractivity contribution < 1.29 is 0 Å². The second-order valence-electron chi connectivity index (χ2n) is 3.55. The molecular formula is C12H15N3O. The maximum absolute atomic E-state index is 11.5. The maximum atomic E-state index is 11.5. The molecule has 0 radical (unpaired) electrons. The Morgan fingerprint density at radius 3 is 2.75 bits per heavy atom. The number of hydrogen-bond donors (Lipinski definition) is 0. The smallest absolute Gasteiger partial charge is 0.275 e. The van der Waals surface area contributed by atoms with E-state index in [0.717, 1.165) is 18.9 Å². The van der Waals surface area contributed by atoms with Gasteiger partial charge < -0.3 is 4.90 Å². The lowest BCUT2D eigenvalue weighted by molar-refractivity contribution is 0.827. The van der Waals surface area contributed by atoms with Crippen LogP contribution in [0.2, 0.25) is 0 Å². The normalized spacial score (nSPS) is 10.6. The third kappa shape index (κ3) is 1.78. The predicted octanol–water partition coefficient (Wildman–Crippen LogP) is 1.54. The Labute approximate surface area is 94.2 Å². The van der Waals surface area contributed by atoms with Crippen LogP contribution in [0.1, 0.15) is 13.8 Å². The lowest BCUT2D eigenvalue weighted by atomic mass is 10.4. The number of aromatic nitrogens is 2. The summed E-state index contributed by atoms with van der Waals surface area (Å²) in [4.78, 5) is 17.6. The second-order valence-corrected chi connectivity index (χ2v) is 3.55.